The average molecular weight is 392 g/mol. The van der Waals surface area contributed by atoms with Gasteiger partial charge >= 0.3 is 0 Å². The average Bonchev–Trinajstić information content (AvgIpc) is 3.29. The number of hydrogen-bond donors (Lipinski definition) is 2. The van der Waals surface area contributed by atoms with Crippen LogP contribution in [-0.2, 0) is 0 Å². The first-order valence-corrected chi connectivity index (χ1v) is 10.6. The number of hydrogen-bond acceptors (Lipinski definition) is 4. The van der Waals surface area contributed by atoms with Gasteiger partial charge in [-0.2, -0.15) is 0 Å². The highest BCUT2D eigenvalue weighted by Gasteiger charge is 2.42. The topological polar surface area (TPSA) is 65.5 Å². The molecule has 2 aliphatic rings. The van der Waals surface area contributed by atoms with E-state index in [1.165, 1.54) is 29.5 Å². The predicted octanol–water partition coefficient (Wildman–Crippen LogP) is 3.23. The summed E-state index contributed by atoms with van der Waals surface area (Å²) in [5, 5.41) is 13.2. The van der Waals surface area contributed by atoms with Gasteiger partial charge in [-0.15, -0.1) is 0 Å². The highest BCUT2D eigenvalue weighted by molar-refractivity contribution is 5.93. The molecule has 5 nitrogen and oxygen atoms in total. The molecule has 0 saturated carbocycles. The second-order valence-corrected chi connectivity index (χ2v) is 7.92. The van der Waals surface area contributed by atoms with Crippen LogP contribution in [0.4, 0.5) is 0 Å². The van der Waals surface area contributed by atoms with E-state index in [-0.39, 0.29) is 30.5 Å². The summed E-state index contributed by atoms with van der Waals surface area (Å²) in [6, 6.07) is 12.5. The lowest BCUT2D eigenvalue weighted by Crippen LogP contribution is -2.65. The highest BCUT2D eigenvalue weighted by atomic mass is 16.3. The number of benzene rings is 1. The molecule has 0 spiro atoms. The molecule has 2 aromatic rings. The van der Waals surface area contributed by atoms with Gasteiger partial charge in [0.2, 0.25) is 0 Å². The summed E-state index contributed by atoms with van der Waals surface area (Å²) in [5.74, 6) is 0.194. The van der Waals surface area contributed by atoms with E-state index in [9.17, 15) is 9.90 Å². The number of aliphatic hydroxyl groups excluding tert-OH is 1. The Morgan fingerprint density at radius 1 is 1.24 bits per heavy atom. The number of amides is 1. The van der Waals surface area contributed by atoms with Gasteiger partial charge < -0.3 is 15.3 Å². The fraction of sp³-hybridized carbons (Fsp3) is 0.417. The van der Waals surface area contributed by atoms with Crippen molar-refractivity contribution >= 4 is 11.5 Å². The Balaban J connectivity index is 1.48. The molecule has 0 radical (unpaired) electrons. The second-order valence-electron chi connectivity index (χ2n) is 7.92. The van der Waals surface area contributed by atoms with Crippen molar-refractivity contribution in [3.63, 3.8) is 0 Å². The van der Waals surface area contributed by atoms with Crippen LogP contribution in [0.15, 0.2) is 54.9 Å². The fourth-order valence-electron chi connectivity index (χ4n) is 4.56. The van der Waals surface area contributed by atoms with Crippen molar-refractivity contribution in [1.82, 2.24) is 15.2 Å². The minimum Gasteiger partial charge on any atom is -0.395 e. The molecule has 2 heterocycles. The van der Waals surface area contributed by atoms with E-state index in [4.69, 9.17) is 0 Å². The van der Waals surface area contributed by atoms with Crippen LogP contribution in [0.3, 0.4) is 0 Å². The van der Waals surface area contributed by atoms with Crippen LogP contribution in [0.2, 0.25) is 0 Å². The minimum absolute atomic E-state index is 0.00267. The maximum Gasteiger partial charge on any atom is 0.255 e. The van der Waals surface area contributed by atoms with Gasteiger partial charge in [0, 0.05) is 43.5 Å². The van der Waals surface area contributed by atoms with E-state index in [0.29, 0.717) is 18.7 Å². The molecule has 1 aliphatic heterocycles. The summed E-state index contributed by atoms with van der Waals surface area (Å²) in [5.41, 5.74) is 4.58. The van der Waals surface area contributed by atoms with Crippen molar-refractivity contribution in [2.24, 2.45) is 0 Å². The first-order chi connectivity index (χ1) is 14.2. The van der Waals surface area contributed by atoms with Crippen LogP contribution >= 0.6 is 0 Å². The molecule has 1 saturated heterocycles. The normalized spacial score (nSPS) is 23.4. The molecule has 1 aromatic carbocycles. The summed E-state index contributed by atoms with van der Waals surface area (Å²) in [6.45, 7) is 3.33. The Morgan fingerprint density at radius 2 is 2.07 bits per heavy atom. The van der Waals surface area contributed by atoms with Gasteiger partial charge in [0.05, 0.1) is 12.2 Å². The van der Waals surface area contributed by atoms with E-state index in [2.05, 4.69) is 40.6 Å². The zero-order chi connectivity index (χ0) is 20.2. The van der Waals surface area contributed by atoms with E-state index in [1.54, 1.807) is 24.5 Å². The number of allylic oxidation sites excluding steroid dienone is 2. The SMILES string of the molecule is CCN(C[C@H]1N[C@@H](CO)[C@@H]1c1ccc(C2=CCCC2)cc1)C(=O)c1cccnc1. The van der Waals surface area contributed by atoms with Crippen molar-refractivity contribution in [3.05, 3.63) is 71.6 Å². The third-order valence-corrected chi connectivity index (χ3v) is 6.19. The first-order valence-electron chi connectivity index (χ1n) is 10.6. The molecule has 0 unspecified atom stereocenters. The summed E-state index contributed by atoms with van der Waals surface area (Å²) in [4.78, 5) is 18.8. The lowest BCUT2D eigenvalue weighted by Gasteiger charge is -2.47. The van der Waals surface area contributed by atoms with Crippen LogP contribution in [0.1, 0.15) is 53.6 Å². The highest BCUT2D eigenvalue weighted by Crippen LogP contribution is 2.34. The lowest BCUT2D eigenvalue weighted by molar-refractivity contribution is 0.0641. The van der Waals surface area contributed by atoms with Crippen LogP contribution < -0.4 is 5.32 Å². The molecule has 1 aromatic heterocycles. The van der Waals surface area contributed by atoms with Gasteiger partial charge in [-0.1, -0.05) is 30.3 Å². The number of carbonyl (C=O) groups excluding carboxylic acids is 1. The minimum atomic E-state index is -0.00267. The number of likely N-dealkylation sites (N-methyl/N-ethyl adjacent to an activating group) is 1. The molecular formula is C24H29N3O2. The van der Waals surface area contributed by atoms with Gasteiger partial charge in [-0.05, 0) is 55.0 Å². The molecule has 1 aliphatic carbocycles. The van der Waals surface area contributed by atoms with Crippen molar-refractivity contribution in [3.8, 4) is 0 Å². The largest absolute Gasteiger partial charge is 0.395 e. The van der Waals surface area contributed by atoms with Gasteiger partial charge in [0.25, 0.3) is 5.91 Å². The fourth-order valence-corrected chi connectivity index (χ4v) is 4.56. The number of nitrogens with zero attached hydrogens (tertiary/aromatic N) is 2. The molecule has 1 amide bonds. The van der Waals surface area contributed by atoms with Crippen molar-refractivity contribution in [1.29, 1.82) is 0 Å². The van der Waals surface area contributed by atoms with Crippen LogP contribution in [-0.4, -0.2) is 52.7 Å². The summed E-state index contributed by atoms with van der Waals surface area (Å²) in [7, 11) is 0. The molecule has 29 heavy (non-hydrogen) atoms. The van der Waals surface area contributed by atoms with Gasteiger partial charge in [-0.25, -0.2) is 0 Å². The lowest BCUT2D eigenvalue weighted by atomic mass is 9.77. The Labute approximate surface area is 172 Å². The molecule has 0 bridgehead atoms. The van der Waals surface area contributed by atoms with E-state index in [1.807, 2.05) is 11.8 Å². The van der Waals surface area contributed by atoms with Gasteiger partial charge in [0.15, 0.2) is 0 Å². The Bertz CT molecular complexity index is 863. The molecular weight excluding hydrogens is 362 g/mol. The number of nitrogens with one attached hydrogen (secondary N) is 1. The van der Waals surface area contributed by atoms with Crippen LogP contribution in [0.25, 0.3) is 5.57 Å². The number of rotatable bonds is 7. The standard InChI is InChI=1S/C24H29N3O2/c1-2-27(24(29)20-8-5-13-25-14-20)15-21-23(22(16-28)26-21)19-11-9-18(10-12-19)17-6-3-4-7-17/h5-6,8-14,21-23,26,28H,2-4,7,15-16H2,1H3/t21-,22+,23-/m1/s1. The summed E-state index contributed by atoms with van der Waals surface area (Å²) in [6.07, 6.45) is 9.21. The summed E-state index contributed by atoms with van der Waals surface area (Å²) < 4.78 is 0. The van der Waals surface area contributed by atoms with Gasteiger partial charge in [0.1, 0.15) is 0 Å². The van der Waals surface area contributed by atoms with E-state index < -0.39 is 0 Å². The van der Waals surface area contributed by atoms with E-state index >= 15 is 0 Å². The molecule has 1 fully saturated rings. The van der Waals surface area contributed by atoms with E-state index in [0.717, 1.165) is 6.42 Å². The maximum atomic E-state index is 12.8. The van der Waals surface area contributed by atoms with Crippen molar-refractivity contribution < 1.29 is 9.90 Å². The summed E-state index contributed by atoms with van der Waals surface area (Å²) >= 11 is 0. The third-order valence-electron chi connectivity index (χ3n) is 6.19. The number of pyridine rings is 1. The third kappa shape index (κ3) is 4.11. The quantitative estimate of drug-likeness (QED) is 0.761. The number of aromatic nitrogens is 1. The van der Waals surface area contributed by atoms with Crippen LogP contribution in [0.5, 0.6) is 0 Å². The van der Waals surface area contributed by atoms with Gasteiger partial charge in [-0.3, -0.25) is 9.78 Å². The zero-order valence-electron chi connectivity index (χ0n) is 16.9. The van der Waals surface area contributed by atoms with Crippen molar-refractivity contribution in [2.45, 2.75) is 44.2 Å². The predicted molar refractivity (Wildman–Crippen MR) is 115 cm³/mol. The second kappa shape index (κ2) is 8.89. The Kier molecular flexibility index (Phi) is 6.07. The first kappa shape index (κ1) is 19.8. The Hall–Kier alpha value is -2.50. The molecule has 2 N–H and O–H groups in total. The molecule has 4 rings (SSSR count). The van der Waals surface area contributed by atoms with Crippen molar-refractivity contribution in [2.75, 3.05) is 19.7 Å². The molecule has 5 heteroatoms. The van der Waals surface area contributed by atoms with Crippen LogP contribution in [0, 0.1) is 0 Å². The smallest absolute Gasteiger partial charge is 0.255 e. The molecule has 3 atom stereocenters. The molecule has 152 valence electrons. The number of aliphatic hydroxyl groups is 1. The number of carbonyl (C=O) groups is 1. The Morgan fingerprint density at radius 3 is 2.69 bits per heavy atom. The zero-order valence-corrected chi connectivity index (χ0v) is 16.9. The maximum absolute atomic E-state index is 12.8. The monoisotopic (exact) mass is 391 g/mol.